The number of anilines is 1. The van der Waals surface area contributed by atoms with Crippen molar-refractivity contribution in [2.75, 3.05) is 5.32 Å². The van der Waals surface area contributed by atoms with Gasteiger partial charge in [0, 0.05) is 12.2 Å². The highest BCUT2D eigenvalue weighted by Crippen LogP contribution is 2.34. The highest BCUT2D eigenvalue weighted by atomic mass is 16.2. The Labute approximate surface area is 201 Å². The summed E-state index contributed by atoms with van der Waals surface area (Å²) in [5, 5.41) is 17.2. The van der Waals surface area contributed by atoms with Crippen molar-refractivity contribution in [3.63, 3.8) is 0 Å². The first-order valence-electron chi connectivity index (χ1n) is 12.1. The molecule has 2 fully saturated rings. The smallest absolute Gasteiger partial charge is 0.319 e. The Bertz CT molecular complexity index is 1050. The number of aryl methyl sites for hydroxylation is 2. The highest BCUT2D eigenvalue weighted by molar-refractivity contribution is 6.07. The molecule has 1 aliphatic heterocycles. The number of urea groups is 1. The molecule has 0 radical (unpaired) electrons. The van der Waals surface area contributed by atoms with Gasteiger partial charge in [-0.05, 0) is 67.5 Å². The Morgan fingerprint density at radius 1 is 1.09 bits per heavy atom. The number of nitrogens with one attached hydrogen (secondary N) is 4. The first-order chi connectivity index (χ1) is 16.2. The maximum atomic E-state index is 13.1. The van der Waals surface area contributed by atoms with Crippen molar-refractivity contribution in [2.24, 2.45) is 5.92 Å². The second-order valence-electron chi connectivity index (χ2n) is 10.1. The summed E-state index contributed by atoms with van der Waals surface area (Å²) >= 11 is 0. The van der Waals surface area contributed by atoms with Crippen LogP contribution in [0.3, 0.4) is 0 Å². The van der Waals surface area contributed by atoms with Crippen molar-refractivity contribution >= 4 is 23.6 Å². The average Bonchev–Trinajstić information content (AvgIpc) is 3.34. The molecule has 2 aliphatic rings. The number of carbonyl (C=O) groups is 2. The zero-order valence-electron chi connectivity index (χ0n) is 20.3. The van der Waals surface area contributed by atoms with Gasteiger partial charge < -0.3 is 16.0 Å². The number of guanidine groups is 1. The molecule has 0 aromatic heterocycles. The standard InChI is InChI=1S/C27H35N5O2/c1-18-12-19(2)14-23(13-18)30-26(34)29-16-21-8-10-22(11-9-21)17-32-24(33)27(3,31-25(32)28)15-20-6-4-5-7-20/h8-14,20H,4-7,15-17H2,1-3H3,(H2,28,31)(H2,29,30,34)/t27-/m1/s1. The van der Waals surface area contributed by atoms with Crippen LogP contribution in [0.1, 0.15) is 61.3 Å². The summed E-state index contributed by atoms with van der Waals surface area (Å²) < 4.78 is 0. The minimum absolute atomic E-state index is 0.0156. The Hall–Kier alpha value is -3.35. The van der Waals surface area contributed by atoms with Gasteiger partial charge in [0.25, 0.3) is 5.91 Å². The molecule has 4 rings (SSSR count). The van der Waals surface area contributed by atoms with Crippen molar-refractivity contribution in [3.8, 4) is 0 Å². The Balaban J connectivity index is 1.29. The van der Waals surface area contributed by atoms with Crippen molar-refractivity contribution in [3.05, 3.63) is 64.7 Å². The summed E-state index contributed by atoms with van der Waals surface area (Å²) in [4.78, 5) is 26.9. The monoisotopic (exact) mass is 461 g/mol. The third kappa shape index (κ3) is 5.58. The minimum Gasteiger partial charge on any atom is -0.342 e. The fourth-order valence-corrected chi connectivity index (χ4v) is 5.21. The van der Waals surface area contributed by atoms with E-state index in [0.717, 1.165) is 34.4 Å². The molecule has 34 heavy (non-hydrogen) atoms. The van der Waals surface area contributed by atoms with Gasteiger partial charge in [-0.15, -0.1) is 0 Å². The van der Waals surface area contributed by atoms with Crippen LogP contribution in [0.5, 0.6) is 0 Å². The molecule has 2 aromatic carbocycles. The largest absolute Gasteiger partial charge is 0.342 e. The summed E-state index contributed by atoms with van der Waals surface area (Å²) in [6.45, 7) is 6.70. The third-order valence-electron chi connectivity index (χ3n) is 6.85. The number of benzene rings is 2. The molecular weight excluding hydrogens is 426 g/mol. The van der Waals surface area contributed by atoms with Crippen molar-refractivity contribution in [2.45, 2.75) is 71.5 Å². The molecule has 7 heteroatoms. The van der Waals surface area contributed by atoms with Crippen LogP contribution in [0.15, 0.2) is 42.5 Å². The Morgan fingerprint density at radius 3 is 2.35 bits per heavy atom. The van der Waals surface area contributed by atoms with Gasteiger partial charge >= 0.3 is 6.03 Å². The van der Waals surface area contributed by atoms with Crippen LogP contribution >= 0.6 is 0 Å². The molecule has 4 N–H and O–H groups in total. The highest BCUT2D eigenvalue weighted by Gasteiger charge is 2.47. The van der Waals surface area contributed by atoms with Crippen LogP contribution in [0.4, 0.5) is 10.5 Å². The molecule has 0 spiro atoms. The lowest BCUT2D eigenvalue weighted by Crippen LogP contribution is -2.45. The van der Waals surface area contributed by atoms with E-state index in [0.29, 0.717) is 19.0 Å². The van der Waals surface area contributed by atoms with Crippen LogP contribution in [-0.4, -0.2) is 28.3 Å². The fraction of sp³-hybridized carbons (Fsp3) is 0.444. The quantitative estimate of drug-likeness (QED) is 0.475. The summed E-state index contributed by atoms with van der Waals surface area (Å²) in [7, 11) is 0. The molecule has 7 nitrogen and oxygen atoms in total. The van der Waals surface area contributed by atoms with Crippen molar-refractivity contribution in [1.29, 1.82) is 5.41 Å². The van der Waals surface area contributed by atoms with E-state index in [2.05, 4.69) is 22.0 Å². The number of nitrogens with zero attached hydrogens (tertiary/aromatic N) is 1. The number of amides is 3. The molecule has 1 saturated heterocycles. The Kier molecular flexibility index (Phi) is 6.91. The predicted molar refractivity (Wildman–Crippen MR) is 135 cm³/mol. The maximum Gasteiger partial charge on any atom is 0.319 e. The van der Waals surface area contributed by atoms with Gasteiger partial charge in [0.15, 0.2) is 5.96 Å². The van der Waals surface area contributed by atoms with E-state index in [4.69, 9.17) is 5.41 Å². The first kappa shape index (κ1) is 23.8. The summed E-state index contributed by atoms with van der Waals surface area (Å²) in [6, 6.07) is 13.5. The molecule has 0 unspecified atom stereocenters. The van der Waals surface area contributed by atoms with Gasteiger partial charge in [-0.1, -0.05) is 56.0 Å². The average molecular weight is 462 g/mol. The number of hydrogen-bond acceptors (Lipinski definition) is 3. The van der Waals surface area contributed by atoms with E-state index in [1.807, 2.05) is 57.2 Å². The lowest BCUT2D eigenvalue weighted by Gasteiger charge is -2.25. The van der Waals surface area contributed by atoms with E-state index in [-0.39, 0.29) is 17.9 Å². The third-order valence-corrected chi connectivity index (χ3v) is 6.85. The van der Waals surface area contributed by atoms with E-state index < -0.39 is 5.54 Å². The minimum atomic E-state index is -0.681. The van der Waals surface area contributed by atoms with Crippen LogP contribution in [0, 0.1) is 25.2 Å². The van der Waals surface area contributed by atoms with E-state index in [1.54, 1.807) is 4.90 Å². The number of hydrogen-bond donors (Lipinski definition) is 4. The molecule has 1 saturated carbocycles. The number of rotatable bonds is 7. The molecule has 1 atom stereocenters. The van der Waals surface area contributed by atoms with Gasteiger partial charge in [-0.25, -0.2) is 4.79 Å². The van der Waals surface area contributed by atoms with E-state index >= 15 is 0 Å². The van der Waals surface area contributed by atoms with Crippen LogP contribution in [-0.2, 0) is 17.9 Å². The summed E-state index contributed by atoms with van der Waals surface area (Å²) in [5.74, 6) is 0.727. The molecule has 0 bridgehead atoms. The Morgan fingerprint density at radius 2 is 1.71 bits per heavy atom. The second-order valence-corrected chi connectivity index (χ2v) is 10.1. The van der Waals surface area contributed by atoms with Crippen LogP contribution in [0.25, 0.3) is 0 Å². The second kappa shape index (κ2) is 9.87. The van der Waals surface area contributed by atoms with Gasteiger partial charge in [0.05, 0.1) is 6.54 Å². The van der Waals surface area contributed by atoms with Gasteiger partial charge in [0.1, 0.15) is 5.54 Å². The molecule has 1 aliphatic carbocycles. The van der Waals surface area contributed by atoms with Gasteiger partial charge in [-0.2, -0.15) is 0 Å². The SMILES string of the molecule is Cc1cc(C)cc(NC(=O)NCc2ccc(CN3C(=N)N[C@](C)(CC4CCCC4)C3=O)cc2)c1. The molecule has 180 valence electrons. The lowest BCUT2D eigenvalue weighted by molar-refractivity contribution is -0.131. The first-order valence-corrected chi connectivity index (χ1v) is 12.1. The zero-order valence-corrected chi connectivity index (χ0v) is 20.3. The van der Waals surface area contributed by atoms with E-state index in [9.17, 15) is 9.59 Å². The fourth-order valence-electron chi connectivity index (χ4n) is 5.21. The van der Waals surface area contributed by atoms with Crippen LogP contribution in [0.2, 0.25) is 0 Å². The molecular formula is C27H35N5O2. The number of carbonyl (C=O) groups excluding carboxylic acids is 2. The summed E-state index contributed by atoms with van der Waals surface area (Å²) in [5.41, 5.74) is 4.21. The van der Waals surface area contributed by atoms with Gasteiger partial charge in [-0.3, -0.25) is 15.1 Å². The maximum absolute atomic E-state index is 13.1. The predicted octanol–water partition coefficient (Wildman–Crippen LogP) is 4.83. The van der Waals surface area contributed by atoms with Crippen molar-refractivity contribution < 1.29 is 9.59 Å². The summed E-state index contributed by atoms with van der Waals surface area (Å²) in [6.07, 6.45) is 5.63. The lowest BCUT2D eigenvalue weighted by atomic mass is 9.88. The van der Waals surface area contributed by atoms with Gasteiger partial charge in [0.2, 0.25) is 0 Å². The normalized spacial score (nSPS) is 20.5. The molecule has 3 amide bonds. The topological polar surface area (TPSA) is 97.3 Å². The van der Waals surface area contributed by atoms with E-state index in [1.165, 1.54) is 25.7 Å². The molecule has 2 aromatic rings. The van der Waals surface area contributed by atoms with Crippen molar-refractivity contribution in [1.82, 2.24) is 15.5 Å². The van der Waals surface area contributed by atoms with Crippen LogP contribution < -0.4 is 16.0 Å². The zero-order chi connectivity index (χ0) is 24.3. The molecule has 1 heterocycles.